The summed E-state index contributed by atoms with van der Waals surface area (Å²) in [5.41, 5.74) is 6.66. The quantitative estimate of drug-likeness (QED) is 0.107. The third-order valence-electron chi connectivity index (χ3n) is 7.63. The van der Waals surface area contributed by atoms with Crippen molar-refractivity contribution in [1.82, 2.24) is 14.7 Å². The lowest BCUT2D eigenvalue weighted by Gasteiger charge is -2.15. The summed E-state index contributed by atoms with van der Waals surface area (Å²) in [5, 5.41) is 4.96. The molecule has 7 nitrogen and oxygen atoms in total. The van der Waals surface area contributed by atoms with Crippen LogP contribution < -0.4 is 14.2 Å². The van der Waals surface area contributed by atoms with Crippen molar-refractivity contribution in [2.24, 2.45) is 0 Å². The molecule has 1 saturated heterocycles. The van der Waals surface area contributed by atoms with E-state index in [9.17, 15) is 4.79 Å². The average Bonchev–Trinajstić information content (AvgIpc) is 3.63. The van der Waals surface area contributed by atoms with Crippen molar-refractivity contribution in [2.45, 2.75) is 20.0 Å². The average molecular weight is 648 g/mol. The van der Waals surface area contributed by atoms with Crippen LogP contribution in [0.2, 0.25) is 0 Å². The molecule has 232 valence electrons. The largest absolute Gasteiger partial charge is 0.493 e. The fraction of sp³-hybridized carbons (Fsp3) is 0.162. The second kappa shape index (κ2) is 14.1. The van der Waals surface area contributed by atoms with Crippen molar-refractivity contribution in [3.05, 3.63) is 130 Å². The van der Waals surface area contributed by atoms with Gasteiger partial charge in [0.2, 0.25) is 0 Å². The monoisotopic (exact) mass is 647 g/mol. The summed E-state index contributed by atoms with van der Waals surface area (Å²) in [6, 6.07) is 31.9. The van der Waals surface area contributed by atoms with Crippen molar-refractivity contribution in [3.63, 3.8) is 0 Å². The van der Waals surface area contributed by atoms with Gasteiger partial charge in [0.25, 0.3) is 5.91 Å². The molecule has 0 atom stereocenters. The van der Waals surface area contributed by atoms with E-state index in [0.717, 1.165) is 39.4 Å². The molecule has 6 rings (SSSR count). The number of carbonyl (C=O) groups excluding carboxylic acids is 1. The van der Waals surface area contributed by atoms with Gasteiger partial charge in [0.1, 0.15) is 22.4 Å². The van der Waals surface area contributed by atoms with Gasteiger partial charge in [-0.15, -0.1) is 0 Å². The predicted octanol–water partition coefficient (Wildman–Crippen LogP) is 7.89. The molecule has 1 aliphatic rings. The fourth-order valence-electron chi connectivity index (χ4n) is 5.13. The number of hydrogen-bond donors (Lipinski definition) is 0. The van der Waals surface area contributed by atoms with Crippen LogP contribution in [0, 0.1) is 6.92 Å². The van der Waals surface area contributed by atoms with Gasteiger partial charge >= 0.3 is 0 Å². The predicted molar refractivity (Wildman–Crippen MR) is 188 cm³/mol. The Hall–Kier alpha value is -4.86. The maximum Gasteiger partial charge on any atom is 0.266 e. The molecule has 1 aliphatic heterocycles. The highest BCUT2D eigenvalue weighted by molar-refractivity contribution is 8.26. The van der Waals surface area contributed by atoms with Crippen molar-refractivity contribution < 1.29 is 19.0 Å². The van der Waals surface area contributed by atoms with E-state index in [1.807, 2.05) is 89.8 Å². The van der Waals surface area contributed by atoms with Crippen LogP contribution in [-0.4, -0.2) is 45.7 Å². The molecule has 1 aromatic heterocycles. The first-order valence-corrected chi connectivity index (χ1v) is 16.0. The number of thiocarbonyl (C=S) groups is 1. The van der Waals surface area contributed by atoms with Crippen LogP contribution in [0.15, 0.2) is 108 Å². The topological polar surface area (TPSA) is 65.8 Å². The SMILES string of the molecule is COc1ccc(CCN2C(=O)/C(=C/c3cn(-c4ccccc4)nc3-c3cccc(OCc4ccc(C)cc4)c3)SC2=S)cc1OC. The van der Waals surface area contributed by atoms with E-state index in [1.54, 1.807) is 19.1 Å². The number of thioether (sulfide) groups is 1. The van der Waals surface area contributed by atoms with E-state index >= 15 is 0 Å². The number of methoxy groups -OCH3 is 2. The van der Waals surface area contributed by atoms with Crippen molar-refractivity contribution in [3.8, 4) is 34.2 Å². The van der Waals surface area contributed by atoms with Gasteiger partial charge in [0, 0.05) is 23.9 Å². The summed E-state index contributed by atoms with van der Waals surface area (Å²) in [5.74, 6) is 1.93. The van der Waals surface area contributed by atoms with Crippen LogP contribution in [0.1, 0.15) is 22.3 Å². The number of nitrogens with zero attached hydrogens (tertiary/aromatic N) is 3. The smallest absolute Gasteiger partial charge is 0.266 e. The van der Waals surface area contributed by atoms with Crippen LogP contribution in [-0.2, 0) is 17.8 Å². The molecule has 0 aliphatic carbocycles. The number of hydrogen-bond acceptors (Lipinski definition) is 7. The molecule has 46 heavy (non-hydrogen) atoms. The zero-order chi connectivity index (χ0) is 32.0. The van der Waals surface area contributed by atoms with Gasteiger partial charge in [-0.25, -0.2) is 4.68 Å². The molecule has 1 amide bonds. The van der Waals surface area contributed by atoms with Gasteiger partial charge in [0.15, 0.2) is 11.5 Å². The number of aromatic nitrogens is 2. The van der Waals surface area contributed by atoms with Gasteiger partial charge in [-0.2, -0.15) is 5.10 Å². The zero-order valence-corrected chi connectivity index (χ0v) is 27.4. The molecular formula is C37H33N3O4S2. The first-order chi connectivity index (χ1) is 22.4. The highest BCUT2D eigenvalue weighted by Gasteiger charge is 2.32. The molecular weight excluding hydrogens is 615 g/mol. The van der Waals surface area contributed by atoms with E-state index in [0.29, 0.717) is 40.3 Å². The van der Waals surface area contributed by atoms with Crippen LogP contribution in [0.3, 0.4) is 0 Å². The molecule has 2 heterocycles. The van der Waals surface area contributed by atoms with Crippen molar-refractivity contribution >= 4 is 40.3 Å². The Labute approximate surface area is 278 Å². The Balaban J connectivity index is 1.26. The minimum absolute atomic E-state index is 0.121. The zero-order valence-electron chi connectivity index (χ0n) is 25.8. The summed E-state index contributed by atoms with van der Waals surface area (Å²) >= 11 is 6.97. The van der Waals surface area contributed by atoms with Gasteiger partial charge in [-0.05, 0) is 66.9 Å². The number of ether oxygens (including phenoxy) is 3. The number of aryl methyl sites for hydroxylation is 1. The Morgan fingerprint density at radius 3 is 2.39 bits per heavy atom. The summed E-state index contributed by atoms with van der Waals surface area (Å²) in [7, 11) is 3.22. The Morgan fingerprint density at radius 2 is 1.63 bits per heavy atom. The summed E-state index contributed by atoms with van der Waals surface area (Å²) < 4.78 is 19.3. The molecule has 0 radical (unpaired) electrons. The number of amides is 1. The highest BCUT2D eigenvalue weighted by atomic mass is 32.2. The van der Waals surface area contributed by atoms with E-state index in [4.69, 9.17) is 31.5 Å². The van der Waals surface area contributed by atoms with E-state index in [-0.39, 0.29) is 5.91 Å². The Morgan fingerprint density at radius 1 is 0.870 bits per heavy atom. The lowest BCUT2D eigenvalue weighted by atomic mass is 10.1. The van der Waals surface area contributed by atoms with Gasteiger partial charge in [-0.3, -0.25) is 9.69 Å². The van der Waals surface area contributed by atoms with Crippen LogP contribution >= 0.6 is 24.0 Å². The number of carbonyl (C=O) groups is 1. The third kappa shape index (κ3) is 7.01. The standard InChI is InChI=1S/C37H33N3O4S2/c1-25-12-14-27(15-13-25)24-44-31-11-7-8-28(21-31)35-29(23-40(38-35)30-9-5-4-6-10-30)22-34-36(41)39(37(45)46-34)19-18-26-16-17-32(42-2)33(20-26)43-3/h4-17,20-23H,18-19,24H2,1-3H3/b34-22-. The Bertz CT molecular complexity index is 1900. The number of benzene rings is 4. The lowest BCUT2D eigenvalue weighted by Crippen LogP contribution is -2.30. The Kier molecular flexibility index (Phi) is 9.51. The normalized spacial score (nSPS) is 13.8. The summed E-state index contributed by atoms with van der Waals surface area (Å²) in [6.07, 6.45) is 4.45. The second-order valence-electron chi connectivity index (χ2n) is 10.8. The molecule has 0 N–H and O–H groups in total. The summed E-state index contributed by atoms with van der Waals surface area (Å²) in [4.78, 5) is 15.9. The van der Waals surface area contributed by atoms with Crippen LogP contribution in [0.25, 0.3) is 23.0 Å². The van der Waals surface area contributed by atoms with E-state index < -0.39 is 0 Å². The highest BCUT2D eigenvalue weighted by Crippen LogP contribution is 2.36. The minimum atomic E-state index is -0.121. The molecule has 0 spiro atoms. The van der Waals surface area contributed by atoms with E-state index in [1.165, 1.54) is 17.3 Å². The second-order valence-corrected chi connectivity index (χ2v) is 12.5. The minimum Gasteiger partial charge on any atom is -0.493 e. The molecule has 0 unspecified atom stereocenters. The molecule has 0 saturated carbocycles. The first kappa shape index (κ1) is 31.1. The van der Waals surface area contributed by atoms with Crippen molar-refractivity contribution in [2.75, 3.05) is 20.8 Å². The van der Waals surface area contributed by atoms with Gasteiger partial charge in [0.05, 0.1) is 24.8 Å². The van der Waals surface area contributed by atoms with E-state index in [2.05, 4.69) is 31.2 Å². The first-order valence-electron chi connectivity index (χ1n) is 14.8. The van der Waals surface area contributed by atoms with Gasteiger partial charge < -0.3 is 14.2 Å². The number of para-hydroxylation sites is 1. The maximum absolute atomic E-state index is 13.6. The molecule has 9 heteroatoms. The lowest BCUT2D eigenvalue weighted by molar-refractivity contribution is -0.122. The molecule has 5 aromatic rings. The third-order valence-corrected chi connectivity index (χ3v) is 9.01. The number of rotatable bonds is 11. The fourth-order valence-corrected chi connectivity index (χ4v) is 6.42. The molecule has 1 fully saturated rings. The molecule has 4 aromatic carbocycles. The van der Waals surface area contributed by atoms with Crippen LogP contribution in [0.4, 0.5) is 0 Å². The molecule has 0 bridgehead atoms. The van der Waals surface area contributed by atoms with Crippen molar-refractivity contribution in [1.29, 1.82) is 0 Å². The maximum atomic E-state index is 13.6. The van der Waals surface area contributed by atoms with Gasteiger partial charge in [-0.1, -0.05) is 90.2 Å². The summed E-state index contributed by atoms with van der Waals surface area (Å²) in [6.45, 7) is 2.98. The van der Waals surface area contributed by atoms with Crippen LogP contribution in [0.5, 0.6) is 17.2 Å².